The van der Waals surface area contributed by atoms with Gasteiger partial charge in [0.15, 0.2) is 0 Å². The van der Waals surface area contributed by atoms with Crippen molar-refractivity contribution in [2.45, 2.75) is 34.1 Å². The molecule has 10 heavy (non-hydrogen) atoms. The van der Waals surface area contributed by atoms with E-state index in [9.17, 15) is 0 Å². The van der Waals surface area contributed by atoms with E-state index in [2.05, 4.69) is 34.3 Å². The molecular formula is C10H18. The molecule has 0 N–H and O–H groups in total. The van der Waals surface area contributed by atoms with Crippen molar-refractivity contribution >= 4 is 0 Å². The predicted molar refractivity (Wildman–Crippen MR) is 45.9 cm³/mol. The Morgan fingerprint density at radius 1 is 1.40 bits per heavy atom. The largest absolute Gasteiger partial charge is 0.0996 e. The highest BCUT2D eigenvalue weighted by Crippen LogP contribution is 2.64. The topological polar surface area (TPSA) is 0 Å². The molecule has 1 aliphatic rings. The third kappa shape index (κ3) is 0.680. The first-order chi connectivity index (χ1) is 4.57. The normalized spacial score (nSPS) is 45.2. The van der Waals surface area contributed by atoms with Gasteiger partial charge in [0.2, 0.25) is 0 Å². The van der Waals surface area contributed by atoms with Crippen molar-refractivity contribution in [2.75, 3.05) is 0 Å². The molecule has 0 heteroatoms. The molecule has 0 radical (unpaired) electrons. The van der Waals surface area contributed by atoms with E-state index < -0.39 is 0 Å². The van der Waals surface area contributed by atoms with Crippen LogP contribution in [0.15, 0.2) is 12.2 Å². The molecule has 1 aliphatic carbocycles. The van der Waals surface area contributed by atoms with E-state index in [4.69, 9.17) is 0 Å². The molecule has 58 valence electrons. The first-order valence-electron chi connectivity index (χ1n) is 4.23. The number of rotatable bonds is 2. The molecule has 0 aromatic carbocycles. The van der Waals surface area contributed by atoms with Crippen molar-refractivity contribution in [3.8, 4) is 0 Å². The highest BCUT2D eigenvalue weighted by Gasteiger charge is 2.57. The Morgan fingerprint density at radius 3 is 1.80 bits per heavy atom. The lowest BCUT2D eigenvalue weighted by atomic mass is 9.91. The molecule has 1 rings (SSSR count). The van der Waals surface area contributed by atoms with Gasteiger partial charge in [-0.25, -0.2) is 0 Å². The van der Waals surface area contributed by atoms with E-state index in [1.165, 1.54) is 12.0 Å². The zero-order valence-electron chi connectivity index (χ0n) is 7.57. The number of hydrogen-bond acceptors (Lipinski definition) is 0. The van der Waals surface area contributed by atoms with Crippen molar-refractivity contribution < 1.29 is 0 Å². The average Bonchev–Trinajstić information content (AvgIpc) is 2.38. The lowest BCUT2D eigenvalue weighted by Crippen LogP contribution is -2.03. The van der Waals surface area contributed by atoms with Crippen molar-refractivity contribution in [3.05, 3.63) is 12.2 Å². The van der Waals surface area contributed by atoms with Crippen molar-refractivity contribution in [1.82, 2.24) is 0 Å². The highest BCUT2D eigenvalue weighted by atomic mass is 14.6. The van der Waals surface area contributed by atoms with Crippen LogP contribution in [0.4, 0.5) is 0 Å². The van der Waals surface area contributed by atoms with Crippen LogP contribution < -0.4 is 0 Å². The third-order valence-electron chi connectivity index (χ3n) is 3.65. The van der Waals surface area contributed by atoms with Gasteiger partial charge in [0.25, 0.3) is 0 Å². The van der Waals surface area contributed by atoms with Gasteiger partial charge >= 0.3 is 0 Å². The van der Waals surface area contributed by atoms with Gasteiger partial charge in [-0.15, -0.1) is 0 Å². The maximum Gasteiger partial charge on any atom is -0.00392 e. The third-order valence-corrected chi connectivity index (χ3v) is 3.65. The highest BCUT2D eigenvalue weighted by molar-refractivity contribution is 5.23. The van der Waals surface area contributed by atoms with E-state index in [-0.39, 0.29) is 0 Å². The quantitative estimate of drug-likeness (QED) is 0.514. The smallest absolute Gasteiger partial charge is 0.00392 e. The van der Waals surface area contributed by atoms with Crippen LogP contribution >= 0.6 is 0 Å². The number of allylic oxidation sites excluding steroid dienone is 1. The van der Waals surface area contributed by atoms with Crippen molar-refractivity contribution in [1.29, 1.82) is 0 Å². The Bertz CT molecular complexity index is 147. The van der Waals surface area contributed by atoms with Gasteiger partial charge in [-0.1, -0.05) is 32.9 Å². The monoisotopic (exact) mass is 138 g/mol. The predicted octanol–water partition coefficient (Wildman–Crippen LogP) is 3.24. The Kier molecular flexibility index (Phi) is 1.66. The summed E-state index contributed by atoms with van der Waals surface area (Å²) in [7, 11) is 0. The molecule has 0 aromatic rings. The molecule has 0 amide bonds. The van der Waals surface area contributed by atoms with Gasteiger partial charge < -0.3 is 0 Å². The van der Waals surface area contributed by atoms with Crippen LogP contribution in [0.3, 0.4) is 0 Å². The van der Waals surface area contributed by atoms with Crippen molar-refractivity contribution in [2.24, 2.45) is 17.3 Å². The fourth-order valence-corrected chi connectivity index (χ4v) is 2.59. The molecule has 2 atom stereocenters. The summed E-state index contributed by atoms with van der Waals surface area (Å²) >= 11 is 0. The van der Waals surface area contributed by atoms with Crippen LogP contribution in [0, 0.1) is 17.3 Å². The van der Waals surface area contributed by atoms with Crippen LogP contribution in [-0.4, -0.2) is 0 Å². The number of hydrogen-bond donors (Lipinski definition) is 0. The fourth-order valence-electron chi connectivity index (χ4n) is 2.59. The summed E-state index contributed by atoms with van der Waals surface area (Å²) < 4.78 is 0. The van der Waals surface area contributed by atoms with E-state index in [1.807, 2.05) is 0 Å². The lowest BCUT2D eigenvalue weighted by molar-refractivity contribution is 0.510. The minimum atomic E-state index is 0.514. The lowest BCUT2D eigenvalue weighted by Gasteiger charge is -2.13. The molecule has 0 heterocycles. The summed E-state index contributed by atoms with van der Waals surface area (Å²) in [4.78, 5) is 0. The zero-order valence-corrected chi connectivity index (χ0v) is 7.57. The van der Waals surface area contributed by atoms with Crippen LogP contribution in [0.2, 0.25) is 0 Å². The van der Waals surface area contributed by atoms with Gasteiger partial charge in [0.1, 0.15) is 0 Å². The fraction of sp³-hybridized carbons (Fsp3) is 0.800. The summed E-state index contributed by atoms with van der Waals surface area (Å²) in [5.41, 5.74) is 1.90. The Labute approximate surface area is 64.3 Å². The second-order valence-electron chi connectivity index (χ2n) is 3.75. The van der Waals surface area contributed by atoms with E-state index in [0.29, 0.717) is 5.41 Å². The van der Waals surface area contributed by atoms with E-state index in [1.54, 1.807) is 0 Å². The molecular weight excluding hydrogens is 120 g/mol. The van der Waals surface area contributed by atoms with Gasteiger partial charge in [-0.2, -0.15) is 0 Å². The second kappa shape index (κ2) is 2.11. The molecule has 1 fully saturated rings. The minimum Gasteiger partial charge on any atom is -0.0996 e. The molecule has 0 nitrogen and oxygen atoms in total. The summed E-state index contributed by atoms with van der Waals surface area (Å²) in [6.07, 6.45) is 1.27. The molecule has 0 aliphatic heterocycles. The minimum absolute atomic E-state index is 0.514. The second-order valence-corrected chi connectivity index (χ2v) is 3.75. The summed E-state index contributed by atoms with van der Waals surface area (Å²) in [6.45, 7) is 13.2. The van der Waals surface area contributed by atoms with E-state index >= 15 is 0 Å². The SMILES string of the molecule is C=C(C)C1(CC)C(C)C1C. The molecule has 0 spiro atoms. The standard InChI is InChI=1S/C10H18/c1-6-10(7(2)3)8(4)9(10)5/h8-9H,2,6H2,1,3-5H3. The summed E-state index contributed by atoms with van der Waals surface area (Å²) in [5, 5.41) is 0. The average molecular weight is 138 g/mol. The van der Waals surface area contributed by atoms with Gasteiger partial charge in [-0.05, 0) is 30.6 Å². The first kappa shape index (κ1) is 7.84. The van der Waals surface area contributed by atoms with Gasteiger partial charge in [0, 0.05) is 0 Å². The molecule has 0 aromatic heterocycles. The molecule has 2 unspecified atom stereocenters. The van der Waals surface area contributed by atoms with Crippen LogP contribution in [0.5, 0.6) is 0 Å². The molecule has 0 bridgehead atoms. The summed E-state index contributed by atoms with van der Waals surface area (Å²) in [6, 6.07) is 0. The maximum atomic E-state index is 4.06. The van der Waals surface area contributed by atoms with Gasteiger partial charge in [-0.3, -0.25) is 0 Å². The molecule has 1 saturated carbocycles. The maximum absolute atomic E-state index is 4.06. The van der Waals surface area contributed by atoms with Crippen LogP contribution in [0.1, 0.15) is 34.1 Å². The van der Waals surface area contributed by atoms with Gasteiger partial charge in [0.05, 0.1) is 0 Å². The Hall–Kier alpha value is -0.260. The molecule has 0 saturated heterocycles. The zero-order chi connectivity index (χ0) is 7.94. The Morgan fingerprint density at radius 2 is 1.80 bits per heavy atom. The van der Waals surface area contributed by atoms with Crippen molar-refractivity contribution in [3.63, 3.8) is 0 Å². The first-order valence-corrected chi connectivity index (χ1v) is 4.23. The van der Waals surface area contributed by atoms with Crippen LogP contribution in [-0.2, 0) is 0 Å². The summed E-state index contributed by atoms with van der Waals surface area (Å²) in [5.74, 6) is 1.74. The Balaban J connectivity index is 2.75. The van der Waals surface area contributed by atoms with Crippen LogP contribution in [0.25, 0.3) is 0 Å². The van der Waals surface area contributed by atoms with E-state index in [0.717, 1.165) is 11.8 Å².